The van der Waals surface area contributed by atoms with Gasteiger partial charge in [-0.1, -0.05) is 68.4 Å². The summed E-state index contributed by atoms with van der Waals surface area (Å²) in [7, 11) is 0. The lowest BCUT2D eigenvalue weighted by Crippen LogP contribution is -2.58. The number of carbonyl (C=O) groups excluding carboxylic acids is 1. The Bertz CT molecular complexity index is 1140. The van der Waals surface area contributed by atoms with E-state index in [2.05, 4.69) is 72.0 Å². The number of ether oxygens (including phenoxy) is 1. The third kappa shape index (κ3) is 4.31. The maximum Gasteiger partial charge on any atom is 0.411 e. The van der Waals surface area contributed by atoms with Crippen molar-refractivity contribution >= 4 is 6.09 Å². The van der Waals surface area contributed by atoms with Crippen molar-refractivity contribution in [2.75, 3.05) is 13.1 Å². The minimum atomic E-state index is -0.616. The number of piperidine rings is 1. The summed E-state index contributed by atoms with van der Waals surface area (Å²) in [6, 6.07) is 21.0. The fraction of sp³-hybridized carbons (Fsp3) is 0.414. The second-order valence-electron chi connectivity index (χ2n) is 10.2. The number of carbonyl (C=O) groups is 1. The van der Waals surface area contributed by atoms with Crippen LogP contribution in [0.15, 0.2) is 73.1 Å². The van der Waals surface area contributed by atoms with Crippen molar-refractivity contribution in [3.63, 3.8) is 0 Å². The molecule has 35 heavy (non-hydrogen) atoms. The summed E-state index contributed by atoms with van der Waals surface area (Å²) in [5, 5.41) is 0. The van der Waals surface area contributed by atoms with E-state index in [9.17, 15) is 4.79 Å². The van der Waals surface area contributed by atoms with Crippen LogP contribution in [-0.2, 0) is 23.4 Å². The molecule has 6 heteroatoms. The molecule has 5 rings (SSSR count). The molecule has 2 aromatic carbocycles. The number of amides is 1. The van der Waals surface area contributed by atoms with Gasteiger partial charge in [0.15, 0.2) is 0 Å². The van der Waals surface area contributed by atoms with Gasteiger partial charge in [0, 0.05) is 44.9 Å². The van der Waals surface area contributed by atoms with Crippen LogP contribution in [0.4, 0.5) is 4.79 Å². The van der Waals surface area contributed by atoms with Gasteiger partial charge in [-0.15, -0.1) is 0 Å². The summed E-state index contributed by atoms with van der Waals surface area (Å²) >= 11 is 0. The van der Waals surface area contributed by atoms with Gasteiger partial charge in [-0.3, -0.25) is 9.80 Å². The number of hydrogen-bond donors (Lipinski definition) is 0. The third-order valence-corrected chi connectivity index (χ3v) is 7.90. The van der Waals surface area contributed by atoms with Gasteiger partial charge < -0.3 is 4.74 Å². The zero-order valence-electron chi connectivity index (χ0n) is 20.9. The van der Waals surface area contributed by atoms with Crippen LogP contribution in [-0.4, -0.2) is 44.6 Å². The molecule has 1 unspecified atom stereocenters. The monoisotopic (exact) mass is 470 g/mol. The summed E-state index contributed by atoms with van der Waals surface area (Å²) in [6.07, 6.45) is 4.69. The predicted molar refractivity (Wildman–Crippen MR) is 136 cm³/mol. The van der Waals surface area contributed by atoms with Crippen molar-refractivity contribution in [3.05, 3.63) is 95.6 Å². The first kappa shape index (κ1) is 23.5. The van der Waals surface area contributed by atoms with Gasteiger partial charge >= 0.3 is 6.09 Å². The van der Waals surface area contributed by atoms with Crippen LogP contribution in [0.3, 0.4) is 0 Å². The Balaban J connectivity index is 1.38. The van der Waals surface area contributed by atoms with Crippen LogP contribution in [0, 0.1) is 0 Å². The normalized spacial score (nSPS) is 22.1. The van der Waals surface area contributed by atoms with Crippen molar-refractivity contribution in [2.45, 2.75) is 63.8 Å². The van der Waals surface area contributed by atoms with E-state index in [-0.39, 0.29) is 6.09 Å². The number of benzene rings is 2. The largest absolute Gasteiger partial charge is 0.440 e. The average Bonchev–Trinajstić information content (AvgIpc) is 3.09. The summed E-state index contributed by atoms with van der Waals surface area (Å²) < 4.78 is 6.29. The van der Waals surface area contributed by atoms with E-state index in [1.807, 2.05) is 23.1 Å². The van der Waals surface area contributed by atoms with E-state index < -0.39 is 11.1 Å². The quantitative estimate of drug-likeness (QED) is 0.476. The summed E-state index contributed by atoms with van der Waals surface area (Å²) in [4.78, 5) is 26.4. The molecule has 2 saturated heterocycles. The molecule has 2 aliphatic heterocycles. The molecule has 3 heterocycles. The Morgan fingerprint density at radius 1 is 0.914 bits per heavy atom. The van der Waals surface area contributed by atoms with Crippen LogP contribution in [0.2, 0.25) is 0 Å². The first-order chi connectivity index (χ1) is 16.9. The molecule has 1 atom stereocenters. The number of aromatic nitrogens is 2. The molecule has 0 N–H and O–H groups in total. The van der Waals surface area contributed by atoms with Gasteiger partial charge in [-0.05, 0) is 35.6 Å². The van der Waals surface area contributed by atoms with E-state index in [1.54, 1.807) is 18.5 Å². The second-order valence-corrected chi connectivity index (χ2v) is 10.2. The van der Waals surface area contributed by atoms with Gasteiger partial charge in [0.1, 0.15) is 17.0 Å². The van der Waals surface area contributed by atoms with Crippen LogP contribution < -0.4 is 0 Å². The molecule has 0 aliphatic carbocycles. The molecule has 3 aromatic rings. The number of rotatable bonds is 6. The van der Waals surface area contributed by atoms with Gasteiger partial charge in [0.2, 0.25) is 0 Å². The Kier molecular flexibility index (Phi) is 6.32. The van der Waals surface area contributed by atoms with E-state index in [4.69, 9.17) is 4.74 Å². The molecule has 0 radical (unpaired) electrons. The predicted octanol–water partition coefficient (Wildman–Crippen LogP) is 5.50. The van der Waals surface area contributed by atoms with Crippen molar-refractivity contribution in [3.8, 4) is 0 Å². The third-order valence-electron chi connectivity index (χ3n) is 7.90. The Labute approximate surface area is 208 Å². The molecule has 1 aromatic heterocycles. The minimum Gasteiger partial charge on any atom is -0.440 e. The Morgan fingerprint density at radius 2 is 1.57 bits per heavy atom. The molecular weight excluding hydrogens is 436 g/mol. The highest BCUT2D eigenvalue weighted by Gasteiger charge is 2.63. The maximum absolute atomic E-state index is 13.3. The lowest BCUT2D eigenvalue weighted by molar-refractivity contribution is -0.0616. The minimum absolute atomic E-state index is 0.290. The zero-order valence-corrected chi connectivity index (χ0v) is 20.9. The Morgan fingerprint density at radius 3 is 2.20 bits per heavy atom. The van der Waals surface area contributed by atoms with Crippen LogP contribution in [0.1, 0.15) is 62.0 Å². The molecule has 2 fully saturated rings. The van der Waals surface area contributed by atoms with Crippen LogP contribution in [0.5, 0.6) is 0 Å². The van der Waals surface area contributed by atoms with Gasteiger partial charge in [0.25, 0.3) is 0 Å². The lowest BCUT2D eigenvalue weighted by atomic mass is 9.70. The van der Waals surface area contributed by atoms with E-state index in [0.717, 1.165) is 38.0 Å². The van der Waals surface area contributed by atoms with Gasteiger partial charge in [-0.2, -0.15) is 0 Å². The second kappa shape index (κ2) is 9.42. The summed E-state index contributed by atoms with van der Waals surface area (Å²) in [6.45, 7) is 9.56. The van der Waals surface area contributed by atoms with Crippen molar-refractivity contribution in [1.82, 2.24) is 19.8 Å². The highest BCUT2D eigenvalue weighted by molar-refractivity contribution is 5.73. The summed E-state index contributed by atoms with van der Waals surface area (Å²) in [5.41, 5.74) is 2.56. The van der Waals surface area contributed by atoms with Crippen LogP contribution >= 0.6 is 0 Å². The fourth-order valence-corrected chi connectivity index (χ4v) is 5.63. The standard InChI is InChI=1S/C29H34N4O2/c1-22(2)24-12-10-23(11-13-24)20-32-18-14-29(15-19-32)28(3,25-8-5-4-6-9-25)33(27(34)35-29)21-26-30-16-7-17-31-26/h4-13,16-17,22H,14-15,18-21H2,1-3H3. The first-order valence-electron chi connectivity index (χ1n) is 12.5. The fourth-order valence-electron chi connectivity index (χ4n) is 5.63. The Hall–Kier alpha value is -3.25. The summed E-state index contributed by atoms with van der Waals surface area (Å²) in [5.74, 6) is 1.15. The van der Waals surface area contributed by atoms with Crippen molar-refractivity contribution < 1.29 is 9.53 Å². The number of likely N-dealkylation sites (tertiary alicyclic amines) is 1. The van der Waals surface area contributed by atoms with Gasteiger partial charge in [-0.25, -0.2) is 14.8 Å². The van der Waals surface area contributed by atoms with E-state index >= 15 is 0 Å². The van der Waals surface area contributed by atoms with Gasteiger partial charge in [0.05, 0.1) is 6.54 Å². The SMILES string of the molecule is CC(C)c1ccc(CN2CCC3(CC2)OC(=O)N(Cc2ncccn2)C3(C)c2ccccc2)cc1. The molecule has 6 nitrogen and oxygen atoms in total. The smallest absolute Gasteiger partial charge is 0.411 e. The topological polar surface area (TPSA) is 58.6 Å². The van der Waals surface area contributed by atoms with Crippen molar-refractivity contribution in [2.24, 2.45) is 0 Å². The first-order valence-corrected chi connectivity index (χ1v) is 12.5. The highest BCUT2D eigenvalue weighted by atomic mass is 16.6. The molecule has 0 saturated carbocycles. The zero-order chi connectivity index (χ0) is 24.5. The van der Waals surface area contributed by atoms with E-state index in [1.165, 1.54) is 11.1 Å². The molecule has 1 spiro atoms. The molecule has 1 amide bonds. The molecule has 182 valence electrons. The molecule has 0 bridgehead atoms. The number of nitrogens with zero attached hydrogens (tertiary/aromatic N) is 4. The van der Waals surface area contributed by atoms with E-state index in [0.29, 0.717) is 18.3 Å². The lowest BCUT2D eigenvalue weighted by Gasteiger charge is -2.48. The van der Waals surface area contributed by atoms with Crippen LogP contribution in [0.25, 0.3) is 0 Å². The maximum atomic E-state index is 13.3. The average molecular weight is 471 g/mol. The molecular formula is C29H34N4O2. The molecule has 2 aliphatic rings. The highest BCUT2D eigenvalue weighted by Crippen LogP contribution is 2.52. The number of hydrogen-bond acceptors (Lipinski definition) is 5. The van der Waals surface area contributed by atoms with Crippen molar-refractivity contribution in [1.29, 1.82) is 0 Å².